The van der Waals surface area contributed by atoms with Crippen molar-refractivity contribution in [2.75, 3.05) is 13.2 Å². The Balaban J connectivity index is 1.63. The minimum atomic E-state index is -0.286. The fourth-order valence-corrected chi connectivity index (χ4v) is 4.73. The third-order valence-electron chi connectivity index (χ3n) is 5.86. The number of carbonyl (C=O) groups is 2. The van der Waals surface area contributed by atoms with Gasteiger partial charge in [-0.2, -0.15) is 0 Å². The van der Waals surface area contributed by atoms with Gasteiger partial charge < -0.3 is 14.8 Å². The summed E-state index contributed by atoms with van der Waals surface area (Å²) < 4.78 is 11.0. The predicted molar refractivity (Wildman–Crippen MR) is 120 cm³/mol. The van der Waals surface area contributed by atoms with Crippen molar-refractivity contribution in [2.45, 2.75) is 44.9 Å². The number of nitrogens with one attached hydrogen (secondary N) is 1. The molecule has 2 unspecified atom stereocenters. The molecule has 1 heterocycles. The van der Waals surface area contributed by atoms with Gasteiger partial charge in [-0.05, 0) is 61.6 Å². The number of benzene rings is 2. The van der Waals surface area contributed by atoms with Gasteiger partial charge in [0, 0.05) is 30.0 Å². The lowest BCUT2D eigenvalue weighted by molar-refractivity contribution is -0.122. The standard InChI is InChI=1S/C25H26ClNO4/c1-3-30-18-8-5-15(6-9-18)17-12-21-25(22(28)13-17)19(14-24(29)27-21)16-7-10-23(31-4-2)20(26)11-16/h5-11,17,19H,3-4,12-14H2,1-2H3,(H,27,29). The van der Waals surface area contributed by atoms with E-state index in [1.54, 1.807) is 0 Å². The SMILES string of the molecule is CCOc1ccc(C2CC(=O)C3=C(C2)NC(=O)CC3c2ccc(OCC)c(Cl)c2)cc1. The quantitative estimate of drug-likeness (QED) is 0.676. The van der Waals surface area contributed by atoms with E-state index in [-0.39, 0.29) is 29.9 Å². The third kappa shape index (κ3) is 4.47. The van der Waals surface area contributed by atoms with Crippen molar-refractivity contribution < 1.29 is 19.1 Å². The number of hydrogen-bond donors (Lipinski definition) is 1. The van der Waals surface area contributed by atoms with Crippen molar-refractivity contribution in [3.05, 3.63) is 69.9 Å². The first-order chi connectivity index (χ1) is 15.0. The van der Waals surface area contributed by atoms with E-state index >= 15 is 0 Å². The summed E-state index contributed by atoms with van der Waals surface area (Å²) in [4.78, 5) is 25.7. The molecule has 0 saturated heterocycles. The maximum Gasteiger partial charge on any atom is 0.225 e. The zero-order valence-electron chi connectivity index (χ0n) is 17.7. The Morgan fingerprint density at radius 1 is 0.935 bits per heavy atom. The van der Waals surface area contributed by atoms with Crippen LogP contribution in [0.1, 0.15) is 56.1 Å². The second-order valence-electron chi connectivity index (χ2n) is 7.85. The smallest absolute Gasteiger partial charge is 0.225 e. The fraction of sp³-hybridized carbons (Fsp3) is 0.360. The predicted octanol–water partition coefficient (Wildman–Crippen LogP) is 5.14. The molecule has 31 heavy (non-hydrogen) atoms. The second-order valence-corrected chi connectivity index (χ2v) is 8.26. The zero-order chi connectivity index (χ0) is 22.0. The number of Topliss-reactive ketones (excluding diaryl/α,β-unsaturated/α-hetero) is 1. The first-order valence-corrected chi connectivity index (χ1v) is 11.1. The molecular formula is C25H26ClNO4. The number of ketones is 1. The van der Waals surface area contributed by atoms with Gasteiger partial charge in [-0.25, -0.2) is 0 Å². The largest absolute Gasteiger partial charge is 0.494 e. The van der Waals surface area contributed by atoms with Crippen molar-refractivity contribution in [1.29, 1.82) is 0 Å². The molecule has 0 saturated carbocycles. The van der Waals surface area contributed by atoms with Crippen molar-refractivity contribution in [2.24, 2.45) is 0 Å². The molecular weight excluding hydrogens is 414 g/mol. The lowest BCUT2D eigenvalue weighted by atomic mass is 9.73. The Kier molecular flexibility index (Phi) is 6.33. The lowest BCUT2D eigenvalue weighted by Gasteiger charge is -2.34. The first kappa shape index (κ1) is 21.4. The molecule has 5 nitrogen and oxygen atoms in total. The second kappa shape index (κ2) is 9.15. The number of rotatable bonds is 6. The minimum absolute atomic E-state index is 0.0323. The maximum absolute atomic E-state index is 13.2. The summed E-state index contributed by atoms with van der Waals surface area (Å²) in [6, 6.07) is 13.4. The molecule has 0 spiro atoms. The summed E-state index contributed by atoms with van der Waals surface area (Å²) in [6.45, 7) is 4.97. The maximum atomic E-state index is 13.2. The zero-order valence-corrected chi connectivity index (χ0v) is 18.5. The van der Waals surface area contributed by atoms with Crippen LogP contribution < -0.4 is 14.8 Å². The van der Waals surface area contributed by atoms with Crippen LogP contribution in [0.5, 0.6) is 11.5 Å². The Labute approximate surface area is 187 Å². The number of carbonyl (C=O) groups excluding carboxylic acids is 2. The molecule has 2 atom stereocenters. The molecule has 1 aliphatic heterocycles. The summed E-state index contributed by atoms with van der Waals surface area (Å²) in [5, 5.41) is 3.45. The molecule has 0 aromatic heterocycles. The van der Waals surface area contributed by atoms with Gasteiger partial charge in [0.1, 0.15) is 11.5 Å². The van der Waals surface area contributed by atoms with E-state index in [0.29, 0.717) is 42.4 Å². The molecule has 1 N–H and O–H groups in total. The summed E-state index contributed by atoms with van der Waals surface area (Å²) in [7, 11) is 0. The molecule has 0 fully saturated rings. The van der Waals surface area contributed by atoms with E-state index in [1.165, 1.54) is 0 Å². The van der Waals surface area contributed by atoms with Crippen LogP contribution in [0.3, 0.4) is 0 Å². The van der Waals surface area contributed by atoms with Gasteiger partial charge in [0.25, 0.3) is 0 Å². The van der Waals surface area contributed by atoms with Crippen molar-refractivity contribution in [3.8, 4) is 11.5 Å². The average Bonchev–Trinajstić information content (AvgIpc) is 2.75. The van der Waals surface area contributed by atoms with Crippen LogP contribution in [0, 0.1) is 0 Å². The van der Waals surface area contributed by atoms with Crippen LogP contribution in [0.15, 0.2) is 53.7 Å². The Morgan fingerprint density at radius 3 is 2.32 bits per heavy atom. The van der Waals surface area contributed by atoms with Crippen LogP contribution in [0.4, 0.5) is 0 Å². The number of halogens is 1. The summed E-state index contributed by atoms with van der Waals surface area (Å²) in [5.41, 5.74) is 3.39. The molecule has 6 heteroatoms. The highest BCUT2D eigenvalue weighted by Crippen LogP contribution is 2.43. The van der Waals surface area contributed by atoms with Gasteiger partial charge in [-0.15, -0.1) is 0 Å². The highest BCUT2D eigenvalue weighted by molar-refractivity contribution is 6.32. The molecule has 1 aliphatic carbocycles. The molecule has 1 amide bonds. The van der Waals surface area contributed by atoms with Gasteiger partial charge in [-0.1, -0.05) is 29.8 Å². The van der Waals surface area contributed by atoms with Crippen molar-refractivity contribution in [1.82, 2.24) is 5.32 Å². The Hall–Kier alpha value is -2.79. The molecule has 4 rings (SSSR count). The summed E-state index contributed by atoms with van der Waals surface area (Å²) >= 11 is 6.38. The average molecular weight is 440 g/mol. The van der Waals surface area contributed by atoms with Gasteiger partial charge >= 0.3 is 0 Å². The normalized spacial score (nSPS) is 20.9. The molecule has 162 valence electrons. The highest BCUT2D eigenvalue weighted by Gasteiger charge is 2.38. The van der Waals surface area contributed by atoms with E-state index in [9.17, 15) is 9.59 Å². The third-order valence-corrected chi connectivity index (χ3v) is 6.15. The molecule has 2 aromatic rings. The number of amides is 1. The van der Waals surface area contributed by atoms with Crippen LogP contribution >= 0.6 is 11.6 Å². The van der Waals surface area contributed by atoms with Crippen LogP contribution in [0.2, 0.25) is 5.02 Å². The minimum Gasteiger partial charge on any atom is -0.494 e. The van der Waals surface area contributed by atoms with Crippen LogP contribution in [-0.4, -0.2) is 24.9 Å². The van der Waals surface area contributed by atoms with Crippen molar-refractivity contribution in [3.63, 3.8) is 0 Å². The molecule has 2 aliphatic rings. The fourth-order valence-electron chi connectivity index (χ4n) is 4.49. The highest BCUT2D eigenvalue weighted by atomic mass is 35.5. The van der Waals surface area contributed by atoms with Crippen molar-refractivity contribution >= 4 is 23.3 Å². The monoisotopic (exact) mass is 439 g/mol. The number of hydrogen-bond acceptors (Lipinski definition) is 4. The van der Waals surface area contributed by atoms with E-state index in [0.717, 1.165) is 22.6 Å². The van der Waals surface area contributed by atoms with E-state index in [1.807, 2.05) is 56.3 Å². The van der Waals surface area contributed by atoms with Crippen LogP contribution in [0.25, 0.3) is 0 Å². The van der Waals surface area contributed by atoms with Gasteiger partial charge in [-0.3, -0.25) is 9.59 Å². The van der Waals surface area contributed by atoms with Gasteiger partial charge in [0.15, 0.2) is 5.78 Å². The molecule has 0 radical (unpaired) electrons. The summed E-state index contributed by atoms with van der Waals surface area (Å²) in [6.07, 6.45) is 1.29. The van der Waals surface area contributed by atoms with Crippen LogP contribution in [-0.2, 0) is 9.59 Å². The summed E-state index contributed by atoms with van der Waals surface area (Å²) in [5.74, 6) is 1.17. The number of ether oxygens (including phenoxy) is 2. The molecule has 2 aromatic carbocycles. The van der Waals surface area contributed by atoms with Gasteiger partial charge in [0.05, 0.1) is 18.2 Å². The van der Waals surface area contributed by atoms with E-state index in [4.69, 9.17) is 21.1 Å². The number of allylic oxidation sites excluding steroid dienone is 2. The molecule has 0 bridgehead atoms. The topological polar surface area (TPSA) is 64.6 Å². The van der Waals surface area contributed by atoms with E-state index < -0.39 is 0 Å². The lowest BCUT2D eigenvalue weighted by Crippen LogP contribution is -2.38. The van der Waals surface area contributed by atoms with E-state index in [2.05, 4.69) is 5.32 Å². The van der Waals surface area contributed by atoms with Gasteiger partial charge in [0.2, 0.25) is 5.91 Å². The Morgan fingerprint density at radius 2 is 1.65 bits per heavy atom. The Bertz CT molecular complexity index is 1030. The first-order valence-electron chi connectivity index (χ1n) is 10.7.